The lowest BCUT2D eigenvalue weighted by molar-refractivity contribution is 0.104. The molecule has 0 aliphatic carbocycles. The Hall–Kier alpha value is -1.77. The van der Waals surface area contributed by atoms with E-state index in [1.54, 1.807) is 12.1 Å². The maximum absolute atomic E-state index is 11.8. The number of hydrogen-bond acceptors (Lipinski definition) is 3. The molecule has 1 aromatic carbocycles. The second-order valence-corrected chi connectivity index (χ2v) is 4.54. The van der Waals surface area contributed by atoms with Gasteiger partial charge < -0.3 is 10.1 Å². The summed E-state index contributed by atoms with van der Waals surface area (Å²) in [5, 5.41) is 3.15. The van der Waals surface area contributed by atoms with Gasteiger partial charge in [-0.25, -0.2) is 0 Å². The van der Waals surface area contributed by atoms with E-state index in [0.29, 0.717) is 18.1 Å². The third-order valence-electron chi connectivity index (χ3n) is 2.37. The minimum absolute atomic E-state index is 0.0409. The molecule has 0 unspecified atom stereocenters. The average Bonchev–Trinajstić information content (AvgIpc) is 2.59. The number of nitrogens with one attached hydrogen (secondary N) is 1. The molecule has 1 saturated heterocycles. The van der Waals surface area contributed by atoms with E-state index in [9.17, 15) is 4.79 Å². The summed E-state index contributed by atoms with van der Waals surface area (Å²) in [7, 11) is 0. The predicted molar refractivity (Wildman–Crippen MR) is 62.0 cm³/mol. The molecule has 1 fully saturated rings. The van der Waals surface area contributed by atoms with Crippen LogP contribution in [-0.4, -0.2) is 17.9 Å². The maximum atomic E-state index is 11.8. The molecule has 0 radical (unpaired) electrons. The van der Waals surface area contributed by atoms with Crippen molar-refractivity contribution in [1.29, 1.82) is 0 Å². The molecule has 0 spiro atoms. The smallest absolute Gasteiger partial charge is 0.191 e. The number of rotatable bonds is 2. The normalized spacial score (nSPS) is 20.2. The molecule has 2 rings (SSSR count). The Bertz CT molecular complexity index is 421. The summed E-state index contributed by atoms with van der Waals surface area (Å²) in [6.45, 7) is 4.64. The lowest BCUT2D eigenvalue weighted by atomic mass is 10.1. The highest BCUT2D eigenvalue weighted by atomic mass is 16.5. The summed E-state index contributed by atoms with van der Waals surface area (Å²) in [5.41, 5.74) is 0.577. The topological polar surface area (TPSA) is 38.3 Å². The molecule has 1 aromatic rings. The van der Waals surface area contributed by atoms with Crippen LogP contribution in [0.1, 0.15) is 24.2 Å². The van der Waals surface area contributed by atoms with Gasteiger partial charge in [-0.1, -0.05) is 30.3 Å². The zero-order chi connectivity index (χ0) is 11.6. The Balaban J connectivity index is 2.11. The van der Waals surface area contributed by atoms with E-state index >= 15 is 0 Å². The SMILES string of the molecule is CC1(C)CO/C(=C\C(=O)c2ccccc2)N1. The van der Waals surface area contributed by atoms with Gasteiger partial charge in [0.1, 0.15) is 6.61 Å². The van der Waals surface area contributed by atoms with Crippen molar-refractivity contribution in [1.82, 2.24) is 5.32 Å². The fourth-order valence-corrected chi connectivity index (χ4v) is 1.55. The summed E-state index contributed by atoms with van der Waals surface area (Å²) in [6, 6.07) is 9.16. The van der Waals surface area contributed by atoms with Crippen molar-refractivity contribution in [3.8, 4) is 0 Å². The first kappa shape index (κ1) is 10.7. The van der Waals surface area contributed by atoms with Crippen molar-refractivity contribution in [2.24, 2.45) is 0 Å². The molecular weight excluding hydrogens is 202 g/mol. The van der Waals surface area contributed by atoms with Crippen LogP contribution in [-0.2, 0) is 4.74 Å². The van der Waals surface area contributed by atoms with E-state index in [1.165, 1.54) is 6.08 Å². The van der Waals surface area contributed by atoms with Crippen LogP contribution in [0.3, 0.4) is 0 Å². The molecule has 0 bridgehead atoms. The molecule has 1 aliphatic rings. The first-order valence-electron chi connectivity index (χ1n) is 5.29. The number of ketones is 1. The van der Waals surface area contributed by atoms with Crippen molar-refractivity contribution in [3.05, 3.63) is 47.9 Å². The van der Waals surface area contributed by atoms with Gasteiger partial charge in [-0.05, 0) is 13.8 Å². The number of hydrogen-bond donors (Lipinski definition) is 1. The summed E-state index contributed by atoms with van der Waals surface area (Å²) in [6.07, 6.45) is 1.50. The molecule has 1 heterocycles. The monoisotopic (exact) mass is 217 g/mol. The minimum Gasteiger partial charge on any atom is -0.477 e. The Labute approximate surface area is 95.1 Å². The molecule has 0 amide bonds. The maximum Gasteiger partial charge on any atom is 0.191 e. The van der Waals surface area contributed by atoms with Crippen LogP contribution in [0.25, 0.3) is 0 Å². The van der Waals surface area contributed by atoms with Crippen LogP contribution < -0.4 is 5.32 Å². The lowest BCUT2D eigenvalue weighted by Gasteiger charge is -2.13. The van der Waals surface area contributed by atoms with E-state index in [4.69, 9.17) is 4.74 Å². The molecule has 0 aromatic heterocycles. The standard InChI is InChI=1S/C13H15NO2/c1-13(2)9-16-12(14-13)8-11(15)10-6-4-3-5-7-10/h3-8,14H,9H2,1-2H3/b12-8-. The van der Waals surface area contributed by atoms with Crippen molar-refractivity contribution < 1.29 is 9.53 Å². The summed E-state index contributed by atoms with van der Waals surface area (Å²) < 4.78 is 5.39. The number of carbonyl (C=O) groups is 1. The number of carbonyl (C=O) groups excluding carboxylic acids is 1. The summed E-state index contributed by atoms with van der Waals surface area (Å²) in [4.78, 5) is 11.8. The van der Waals surface area contributed by atoms with Crippen LogP contribution >= 0.6 is 0 Å². The molecule has 16 heavy (non-hydrogen) atoms. The molecule has 0 saturated carbocycles. The molecule has 1 N–H and O–H groups in total. The zero-order valence-corrected chi connectivity index (χ0v) is 9.49. The van der Waals surface area contributed by atoms with Gasteiger partial charge in [-0.2, -0.15) is 0 Å². The predicted octanol–water partition coefficient (Wildman–Crippen LogP) is 2.11. The molecule has 3 nitrogen and oxygen atoms in total. The van der Waals surface area contributed by atoms with Crippen molar-refractivity contribution in [2.75, 3.05) is 6.61 Å². The number of ether oxygens (including phenoxy) is 1. The van der Waals surface area contributed by atoms with Gasteiger partial charge in [0.25, 0.3) is 0 Å². The van der Waals surface area contributed by atoms with Gasteiger partial charge in [0, 0.05) is 11.6 Å². The average molecular weight is 217 g/mol. The Kier molecular flexibility index (Phi) is 2.69. The fraction of sp³-hybridized carbons (Fsp3) is 0.308. The second-order valence-electron chi connectivity index (χ2n) is 4.54. The van der Waals surface area contributed by atoms with E-state index in [0.717, 1.165) is 0 Å². The van der Waals surface area contributed by atoms with Crippen LogP contribution in [0.15, 0.2) is 42.3 Å². The highest BCUT2D eigenvalue weighted by Gasteiger charge is 2.27. The van der Waals surface area contributed by atoms with E-state index in [1.807, 2.05) is 32.0 Å². The van der Waals surface area contributed by atoms with Crippen molar-refractivity contribution >= 4 is 5.78 Å². The molecule has 84 valence electrons. The quantitative estimate of drug-likeness (QED) is 0.609. The largest absolute Gasteiger partial charge is 0.477 e. The Morgan fingerprint density at radius 3 is 2.62 bits per heavy atom. The van der Waals surface area contributed by atoms with Crippen LogP contribution in [0.4, 0.5) is 0 Å². The molecular formula is C13H15NO2. The molecule has 3 heteroatoms. The van der Waals surface area contributed by atoms with Gasteiger partial charge in [0.2, 0.25) is 0 Å². The molecule has 1 aliphatic heterocycles. The minimum atomic E-state index is -0.0944. The lowest BCUT2D eigenvalue weighted by Crippen LogP contribution is -2.34. The Morgan fingerprint density at radius 2 is 2.06 bits per heavy atom. The van der Waals surface area contributed by atoms with Gasteiger partial charge in [-0.15, -0.1) is 0 Å². The first-order chi connectivity index (χ1) is 7.57. The van der Waals surface area contributed by atoms with Crippen LogP contribution in [0, 0.1) is 0 Å². The highest BCUT2D eigenvalue weighted by Crippen LogP contribution is 2.16. The van der Waals surface area contributed by atoms with Gasteiger partial charge in [0.05, 0.1) is 5.54 Å². The fourth-order valence-electron chi connectivity index (χ4n) is 1.55. The van der Waals surface area contributed by atoms with Crippen LogP contribution in [0.2, 0.25) is 0 Å². The Morgan fingerprint density at radius 1 is 1.38 bits per heavy atom. The summed E-state index contributed by atoms with van der Waals surface area (Å²) in [5.74, 6) is 0.514. The first-order valence-corrected chi connectivity index (χ1v) is 5.29. The van der Waals surface area contributed by atoms with Crippen molar-refractivity contribution in [3.63, 3.8) is 0 Å². The van der Waals surface area contributed by atoms with Gasteiger partial charge in [-0.3, -0.25) is 4.79 Å². The zero-order valence-electron chi connectivity index (χ0n) is 9.49. The van der Waals surface area contributed by atoms with Crippen LogP contribution in [0.5, 0.6) is 0 Å². The number of allylic oxidation sites excluding steroid dienone is 1. The highest BCUT2D eigenvalue weighted by molar-refractivity contribution is 6.04. The van der Waals surface area contributed by atoms with Crippen molar-refractivity contribution in [2.45, 2.75) is 19.4 Å². The van der Waals surface area contributed by atoms with Gasteiger partial charge in [0.15, 0.2) is 11.7 Å². The van der Waals surface area contributed by atoms with E-state index in [2.05, 4.69) is 5.32 Å². The number of benzene rings is 1. The summed E-state index contributed by atoms with van der Waals surface area (Å²) >= 11 is 0. The third kappa shape index (κ3) is 2.42. The van der Waals surface area contributed by atoms with Gasteiger partial charge >= 0.3 is 0 Å². The molecule has 0 atom stereocenters. The second kappa shape index (κ2) is 4.00. The van der Waals surface area contributed by atoms with E-state index < -0.39 is 0 Å². The third-order valence-corrected chi connectivity index (χ3v) is 2.37. The van der Waals surface area contributed by atoms with E-state index in [-0.39, 0.29) is 11.3 Å².